The Labute approximate surface area is 116 Å². The smallest absolute Gasteiger partial charge is 0.170 e. The molecule has 1 heterocycles. The predicted molar refractivity (Wildman–Crippen MR) is 74.6 cm³/mol. The Morgan fingerprint density at radius 1 is 1.30 bits per heavy atom. The Hall–Kier alpha value is -1.86. The van der Waals surface area contributed by atoms with Gasteiger partial charge in [-0.2, -0.15) is 0 Å². The van der Waals surface area contributed by atoms with Crippen LogP contribution < -0.4 is 10.6 Å². The van der Waals surface area contributed by atoms with Gasteiger partial charge >= 0.3 is 0 Å². The Bertz CT molecular complexity index is 487. The standard InChI is InChI=1S/C13H19FN4O2/c14-11-9-10(13(15)16-20)1-2-12(11)18-5-3-17(4-6-18)7-8-19/h1-2,9,19-20H,3-8H2,(H2,15,16). The molecule has 1 aromatic rings. The van der Waals surface area contributed by atoms with Crippen LogP contribution in [0.5, 0.6) is 0 Å². The van der Waals surface area contributed by atoms with Crippen LogP contribution >= 0.6 is 0 Å². The number of oxime groups is 1. The maximum absolute atomic E-state index is 14.1. The number of hydrogen-bond acceptors (Lipinski definition) is 5. The fourth-order valence-electron chi connectivity index (χ4n) is 2.33. The first-order chi connectivity index (χ1) is 9.65. The van der Waals surface area contributed by atoms with Crippen molar-refractivity contribution in [1.29, 1.82) is 0 Å². The van der Waals surface area contributed by atoms with Crippen LogP contribution in [-0.2, 0) is 0 Å². The van der Waals surface area contributed by atoms with Crippen LogP contribution in [0.3, 0.4) is 0 Å². The highest BCUT2D eigenvalue weighted by Gasteiger charge is 2.19. The number of nitrogens with zero attached hydrogens (tertiary/aromatic N) is 3. The van der Waals surface area contributed by atoms with Crippen LogP contribution in [0, 0.1) is 5.82 Å². The van der Waals surface area contributed by atoms with Crippen molar-refractivity contribution in [2.45, 2.75) is 0 Å². The Balaban J connectivity index is 2.07. The van der Waals surface area contributed by atoms with Crippen molar-refractivity contribution in [3.05, 3.63) is 29.6 Å². The topological polar surface area (TPSA) is 85.3 Å². The van der Waals surface area contributed by atoms with Crippen molar-refractivity contribution < 1.29 is 14.7 Å². The zero-order chi connectivity index (χ0) is 14.5. The molecule has 0 bridgehead atoms. The number of piperazine rings is 1. The first-order valence-electron chi connectivity index (χ1n) is 6.51. The van der Waals surface area contributed by atoms with E-state index in [1.807, 2.05) is 4.90 Å². The second-order valence-electron chi connectivity index (χ2n) is 4.70. The Morgan fingerprint density at radius 2 is 2.00 bits per heavy atom. The molecule has 6 nitrogen and oxygen atoms in total. The Morgan fingerprint density at radius 3 is 2.55 bits per heavy atom. The van der Waals surface area contributed by atoms with Gasteiger partial charge in [-0.3, -0.25) is 4.90 Å². The summed E-state index contributed by atoms with van der Waals surface area (Å²) in [7, 11) is 0. The highest BCUT2D eigenvalue weighted by Crippen LogP contribution is 2.22. The van der Waals surface area contributed by atoms with E-state index in [2.05, 4.69) is 10.1 Å². The van der Waals surface area contributed by atoms with Gasteiger partial charge in [-0.15, -0.1) is 0 Å². The summed E-state index contributed by atoms with van der Waals surface area (Å²) in [5, 5.41) is 20.3. The zero-order valence-corrected chi connectivity index (χ0v) is 11.2. The van der Waals surface area contributed by atoms with E-state index in [1.165, 1.54) is 6.07 Å². The molecule has 0 spiro atoms. The maximum Gasteiger partial charge on any atom is 0.170 e. The number of β-amino-alcohol motifs (C(OH)–C–C–N with tert-alkyl or cyclic N) is 1. The fourth-order valence-corrected chi connectivity index (χ4v) is 2.33. The van der Waals surface area contributed by atoms with Crippen LogP contribution in [0.25, 0.3) is 0 Å². The molecule has 0 saturated carbocycles. The molecule has 0 radical (unpaired) electrons. The molecule has 1 aliphatic heterocycles. The van der Waals surface area contributed by atoms with Crippen LogP contribution in [-0.4, -0.2) is 60.4 Å². The third kappa shape index (κ3) is 3.17. The van der Waals surface area contributed by atoms with Crippen LogP contribution in [0.1, 0.15) is 5.56 Å². The summed E-state index contributed by atoms with van der Waals surface area (Å²) in [6.45, 7) is 3.80. The number of nitrogens with two attached hydrogens (primary N) is 1. The molecule has 20 heavy (non-hydrogen) atoms. The summed E-state index contributed by atoms with van der Waals surface area (Å²) in [4.78, 5) is 4.10. The number of benzene rings is 1. The van der Waals surface area contributed by atoms with Gasteiger partial charge in [0.2, 0.25) is 0 Å². The molecule has 0 aromatic heterocycles. The first kappa shape index (κ1) is 14.5. The average Bonchev–Trinajstić information content (AvgIpc) is 2.47. The average molecular weight is 282 g/mol. The van der Waals surface area contributed by atoms with Crippen molar-refractivity contribution in [1.82, 2.24) is 4.90 Å². The zero-order valence-electron chi connectivity index (χ0n) is 11.2. The Kier molecular flexibility index (Phi) is 4.75. The van der Waals surface area contributed by atoms with Gasteiger partial charge in [0, 0.05) is 38.3 Å². The van der Waals surface area contributed by atoms with Crippen molar-refractivity contribution in [3.8, 4) is 0 Å². The third-order valence-corrected chi connectivity index (χ3v) is 3.48. The summed E-state index contributed by atoms with van der Waals surface area (Å²) in [6.07, 6.45) is 0. The third-order valence-electron chi connectivity index (χ3n) is 3.48. The van der Waals surface area contributed by atoms with Gasteiger partial charge in [-0.1, -0.05) is 5.16 Å². The quantitative estimate of drug-likeness (QED) is 0.314. The van der Waals surface area contributed by atoms with Crippen molar-refractivity contribution in [2.75, 3.05) is 44.2 Å². The minimum absolute atomic E-state index is 0.108. The second-order valence-corrected chi connectivity index (χ2v) is 4.70. The lowest BCUT2D eigenvalue weighted by molar-refractivity contribution is 0.188. The lowest BCUT2D eigenvalue weighted by Gasteiger charge is -2.35. The molecule has 0 aliphatic carbocycles. The lowest BCUT2D eigenvalue weighted by Crippen LogP contribution is -2.47. The summed E-state index contributed by atoms with van der Waals surface area (Å²) in [5.41, 5.74) is 6.30. The van der Waals surface area contributed by atoms with Crippen LogP contribution in [0.2, 0.25) is 0 Å². The number of aliphatic hydroxyl groups excluding tert-OH is 1. The molecule has 2 rings (SSSR count). The lowest BCUT2D eigenvalue weighted by atomic mass is 10.1. The molecule has 1 aliphatic rings. The molecule has 0 amide bonds. The van der Waals surface area contributed by atoms with Gasteiger partial charge in [-0.05, 0) is 18.2 Å². The van der Waals surface area contributed by atoms with E-state index in [1.54, 1.807) is 12.1 Å². The van der Waals surface area contributed by atoms with Gasteiger partial charge in [0.15, 0.2) is 5.84 Å². The van der Waals surface area contributed by atoms with E-state index < -0.39 is 0 Å². The van der Waals surface area contributed by atoms with Gasteiger partial charge in [-0.25, -0.2) is 4.39 Å². The molecule has 4 N–H and O–H groups in total. The largest absolute Gasteiger partial charge is 0.409 e. The first-order valence-corrected chi connectivity index (χ1v) is 6.51. The number of halogens is 1. The van der Waals surface area contributed by atoms with Crippen LogP contribution in [0.15, 0.2) is 23.4 Å². The monoisotopic (exact) mass is 282 g/mol. The fraction of sp³-hybridized carbons (Fsp3) is 0.462. The predicted octanol–water partition coefficient (Wildman–Crippen LogP) is 0.0345. The second kappa shape index (κ2) is 6.53. The van der Waals surface area contributed by atoms with E-state index >= 15 is 0 Å². The summed E-state index contributed by atoms with van der Waals surface area (Å²) >= 11 is 0. The van der Waals surface area contributed by atoms with Gasteiger partial charge in [0.1, 0.15) is 5.82 Å². The molecular formula is C13H19FN4O2. The van der Waals surface area contributed by atoms with Gasteiger partial charge in [0.05, 0.1) is 12.3 Å². The van der Waals surface area contributed by atoms with E-state index in [0.29, 0.717) is 30.9 Å². The minimum Gasteiger partial charge on any atom is -0.409 e. The summed E-state index contributed by atoms with van der Waals surface area (Å²) < 4.78 is 14.1. The summed E-state index contributed by atoms with van der Waals surface area (Å²) in [6, 6.07) is 4.54. The number of anilines is 1. The number of rotatable bonds is 4. The molecule has 110 valence electrons. The minimum atomic E-state index is -0.385. The van der Waals surface area contributed by atoms with Crippen molar-refractivity contribution >= 4 is 11.5 Å². The van der Waals surface area contributed by atoms with Crippen molar-refractivity contribution in [2.24, 2.45) is 10.9 Å². The number of hydrogen-bond donors (Lipinski definition) is 3. The molecule has 1 aromatic carbocycles. The maximum atomic E-state index is 14.1. The normalized spacial score (nSPS) is 17.5. The van der Waals surface area contributed by atoms with E-state index in [0.717, 1.165) is 13.1 Å². The van der Waals surface area contributed by atoms with E-state index in [-0.39, 0.29) is 18.3 Å². The summed E-state index contributed by atoms with van der Waals surface area (Å²) in [5.74, 6) is -0.493. The highest BCUT2D eigenvalue weighted by atomic mass is 19.1. The number of amidine groups is 1. The molecule has 0 atom stereocenters. The van der Waals surface area contributed by atoms with Gasteiger partial charge < -0.3 is 20.9 Å². The molecule has 0 unspecified atom stereocenters. The van der Waals surface area contributed by atoms with E-state index in [4.69, 9.17) is 16.0 Å². The van der Waals surface area contributed by atoms with E-state index in [9.17, 15) is 4.39 Å². The molecule has 1 fully saturated rings. The van der Waals surface area contributed by atoms with Crippen molar-refractivity contribution in [3.63, 3.8) is 0 Å². The SMILES string of the molecule is N/C(=N\O)c1ccc(N2CCN(CCO)CC2)c(F)c1. The molecule has 7 heteroatoms. The molecular weight excluding hydrogens is 263 g/mol. The highest BCUT2D eigenvalue weighted by molar-refractivity contribution is 5.97. The van der Waals surface area contributed by atoms with Crippen LogP contribution in [0.4, 0.5) is 10.1 Å². The molecule has 1 saturated heterocycles. The number of aliphatic hydroxyl groups is 1. The van der Waals surface area contributed by atoms with Gasteiger partial charge in [0.25, 0.3) is 0 Å².